The van der Waals surface area contributed by atoms with Crippen LogP contribution in [0.1, 0.15) is 54.3 Å². The summed E-state index contributed by atoms with van der Waals surface area (Å²) in [4.78, 5) is 54.4. The van der Waals surface area contributed by atoms with Crippen LogP contribution in [0.25, 0.3) is 22.0 Å². The molecule has 0 radical (unpaired) electrons. The molecule has 41 heavy (non-hydrogen) atoms. The molecule has 6 rings (SSSR count). The van der Waals surface area contributed by atoms with Gasteiger partial charge in [0, 0.05) is 61.2 Å². The minimum atomic E-state index is -0.529. The highest BCUT2D eigenvalue weighted by molar-refractivity contribution is 6.07. The maximum atomic E-state index is 13.8. The number of rotatable bonds is 8. The molecule has 10 nitrogen and oxygen atoms in total. The fraction of sp³-hybridized carbons (Fsp3) is 0.387. The van der Waals surface area contributed by atoms with E-state index in [1.807, 2.05) is 44.2 Å². The smallest absolute Gasteiger partial charge is 0.245 e. The molecule has 1 aliphatic carbocycles. The normalized spacial score (nSPS) is 21.1. The van der Waals surface area contributed by atoms with Gasteiger partial charge in [-0.15, -0.1) is 0 Å². The number of nitrogens with one attached hydrogen (secondary N) is 1. The van der Waals surface area contributed by atoms with Gasteiger partial charge in [-0.3, -0.25) is 24.0 Å². The molecule has 1 aliphatic heterocycles. The molecular weight excluding hydrogens is 518 g/mol. The number of amides is 2. The molecule has 1 aromatic carbocycles. The molecule has 3 atom stereocenters. The number of likely N-dealkylation sites (tertiary alicyclic amines) is 1. The van der Waals surface area contributed by atoms with E-state index < -0.39 is 6.04 Å². The van der Waals surface area contributed by atoms with Gasteiger partial charge < -0.3 is 10.2 Å². The molecule has 2 amide bonds. The molecule has 0 spiro atoms. The van der Waals surface area contributed by atoms with Gasteiger partial charge in [0.2, 0.25) is 11.8 Å². The van der Waals surface area contributed by atoms with E-state index in [9.17, 15) is 14.4 Å². The minimum absolute atomic E-state index is 0.0323. The lowest BCUT2D eigenvalue weighted by Crippen LogP contribution is -2.49. The predicted octanol–water partition coefficient (Wildman–Crippen LogP) is 3.45. The molecule has 1 saturated heterocycles. The molecular formula is C31H33N7O3. The number of piperidine rings is 1. The Labute approximate surface area is 238 Å². The van der Waals surface area contributed by atoms with Gasteiger partial charge in [-0.2, -0.15) is 5.10 Å². The number of nitrogens with zero attached hydrogens (tertiary/aromatic N) is 6. The predicted molar refractivity (Wildman–Crippen MR) is 153 cm³/mol. The Hall–Kier alpha value is -4.47. The van der Waals surface area contributed by atoms with E-state index in [0.717, 1.165) is 34.3 Å². The number of hydrogen-bond donors (Lipinski definition) is 1. The van der Waals surface area contributed by atoms with Crippen molar-refractivity contribution < 1.29 is 14.4 Å². The third-order valence-corrected chi connectivity index (χ3v) is 8.40. The number of fused-ring (bicyclic) bond motifs is 2. The third-order valence-electron chi connectivity index (χ3n) is 8.40. The average Bonchev–Trinajstić information content (AvgIpc) is 3.30. The topological polar surface area (TPSA) is 123 Å². The quantitative estimate of drug-likeness (QED) is 0.333. The largest absolute Gasteiger partial charge is 0.354 e. The van der Waals surface area contributed by atoms with Crippen molar-refractivity contribution in [3.63, 3.8) is 0 Å². The van der Waals surface area contributed by atoms with Gasteiger partial charge in [-0.25, -0.2) is 9.97 Å². The molecule has 4 heterocycles. The highest BCUT2D eigenvalue weighted by atomic mass is 16.2. The second-order valence-electron chi connectivity index (χ2n) is 11.5. The van der Waals surface area contributed by atoms with Crippen molar-refractivity contribution in [3.05, 3.63) is 71.7 Å². The second-order valence-corrected chi connectivity index (χ2v) is 11.5. The van der Waals surface area contributed by atoms with E-state index in [4.69, 9.17) is 0 Å². The van der Waals surface area contributed by atoms with Crippen LogP contribution in [-0.2, 0) is 22.6 Å². The zero-order chi connectivity index (χ0) is 28.9. The first-order valence-corrected chi connectivity index (χ1v) is 13.9. The zero-order valence-electron chi connectivity index (χ0n) is 23.7. The van der Waals surface area contributed by atoms with Crippen LogP contribution in [0.15, 0.2) is 48.9 Å². The van der Waals surface area contributed by atoms with Crippen LogP contribution in [0.3, 0.4) is 0 Å². The lowest BCUT2D eigenvalue weighted by atomic mass is 10.0. The minimum Gasteiger partial charge on any atom is -0.354 e. The van der Waals surface area contributed by atoms with E-state index in [-0.39, 0.29) is 35.6 Å². The third kappa shape index (κ3) is 4.98. The van der Waals surface area contributed by atoms with Crippen LogP contribution in [0.4, 0.5) is 0 Å². The highest BCUT2D eigenvalue weighted by Gasteiger charge is 2.64. The summed E-state index contributed by atoms with van der Waals surface area (Å²) < 4.78 is 1.62. The van der Waals surface area contributed by atoms with Crippen molar-refractivity contribution in [2.75, 3.05) is 6.54 Å². The van der Waals surface area contributed by atoms with Crippen LogP contribution in [0.5, 0.6) is 0 Å². The Morgan fingerprint density at radius 1 is 1.05 bits per heavy atom. The van der Waals surface area contributed by atoms with Gasteiger partial charge in [-0.1, -0.05) is 13.0 Å². The van der Waals surface area contributed by atoms with Crippen LogP contribution in [-0.4, -0.2) is 65.9 Å². The average molecular weight is 552 g/mol. The first kappa shape index (κ1) is 26.7. The summed E-state index contributed by atoms with van der Waals surface area (Å²) in [6.07, 6.45) is 7.39. The number of aromatic nitrogens is 5. The van der Waals surface area contributed by atoms with Crippen molar-refractivity contribution in [2.24, 2.45) is 5.41 Å². The van der Waals surface area contributed by atoms with E-state index in [0.29, 0.717) is 36.3 Å². The van der Waals surface area contributed by atoms with Crippen LogP contribution < -0.4 is 5.32 Å². The van der Waals surface area contributed by atoms with E-state index in [1.54, 1.807) is 28.2 Å². The SMILES string of the molecule is CC(=O)c1nn(CC(=O)N2[C@H](C(=O)NCCc3ccccn3)C[C@@]3(C)C[C@@H]23)c2c(C)cc(-c3cnc(C)nc3)cc12. The number of pyridine rings is 1. The second kappa shape index (κ2) is 10.2. The zero-order valence-corrected chi connectivity index (χ0v) is 23.7. The van der Waals surface area contributed by atoms with Crippen LogP contribution in [0.2, 0.25) is 0 Å². The van der Waals surface area contributed by atoms with Crippen molar-refractivity contribution in [1.29, 1.82) is 0 Å². The fourth-order valence-electron chi connectivity index (χ4n) is 6.16. The standard InChI is InChI=1S/C31H33N7O3/c1-18-11-21(22-15-34-20(3)35-16-22)12-24-28(19(2)39)36-37(29(18)24)17-27(40)38-25(13-31(4)14-26(31)38)30(41)33-10-8-23-7-5-6-9-32-23/h5-7,9,11-12,15-16,25-26H,8,10,13-14,17H2,1-4H3,(H,33,41)/t25-,26+,31-/m0/s1. The van der Waals surface area contributed by atoms with Crippen LogP contribution in [0, 0.1) is 19.3 Å². The number of aryl methyl sites for hydroxylation is 2. The molecule has 4 aromatic rings. The number of ketones is 1. The van der Waals surface area contributed by atoms with Crippen molar-refractivity contribution in [1.82, 2.24) is 34.9 Å². The van der Waals surface area contributed by atoms with E-state index >= 15 is 0 Å². The van der Waals surface area contributed by atoms with Gasteiger partial charge >= 0.3 is 0 Å². The molecule has 0 bridgehead atoms. The van der Waals surface area contributed by atoms with E-state index in [2.05, 4.69) is 32.3 Å². The summed E-state index contributed by atoms with van der Waals surface area (Å²) in [6.45, 7) is 7.79. The molecule has 2 aliphatic rings. The summed E-state index contributed by atoms with van der Waals surface area (Å²) in [5, 5.41) is 8.30. The molecule has 1 N–H and O–H groups in total. The van der Waals surface area contributed by atoms with Gasteiger partial charge in [-0.05, 0) is 67.5 Å². The molecule has 210 valence electrons. The number of benzene rings is 1. The lowest BCUT2D eigenvalue weighted by Gasteiger charge is -2.27. The first-order valence-electron chi connectivity index (χ1n) is 13.9. The number of carbonyl (C=O) groups is 3. The van der Waals surface area contributed by atoms with Gasteiger partial charge in [0.15, 0.2) is 5.78 Å². The highest BCUT2D eigenvalue weighted by Crippen LogP contribution is 2.59. The summed E-state index contributed by atoms with van der Waals surface area (Å²) in [6, 6.07) is 9.12. The van der Waals surface area contributed by atoms with Crippen molar-refractivity contribution >= 4 is 28.5 Å². The van der Waals surface area contributed by atoms with Gasteiger partial charge in [0.1, 0.15) is 24.1 Å². The first-order chi connectivity index (χ1) is 19.6. The summed E-state index contributed by atoms with van der Waals surface area (Å²) in [7, 11) is 0. The Morgan fingerprint density at radius 2 is 1.83 bits per heavy atom. The maximum Gasteiger partial charge on any atom is 0.245 e. The Kier molecular flexibility index (Phi) is 6.63. The lowest BCUT2D eigenvalue weighted by molar-refractivity contribution is -0.140. The number of Topliss-reactive ketones (excluding diaryl/α,β-unsaturated/α-hetero) is 1. The van der Waals surface area contributed by atoms with Crippen molar-refractivity contribution in [2.45, 2.75) is 65.6 Å². The van der Waals surface area contributed by atoms with Crippen molar-refractivity contribution in [3.8, 4) is 11.1 Å². The maximum absolute atomic E-state index is 13.8. The molecule has 2 fully saturated rings. The molecule has 0 unspecified atom stereocenters. The molecule has 10 heteroatoms. The van der Waals surface area contributed by atoms with Gasteiger partial charge in [0.05, 0.1) is 5.52 Å². The Balaban J connectivity index is 1.25. The summed E-state index contributed by atoms with van der Waals surface area (Å²) in [5.74, 6) is 0.185. The monoisotopic (exact) mass is 551 g/mol. The number of carbonyl (C=O) groups excluding carboxylic acids is 3. The molecule has 1 saturated carbocycles. The summed E-state index contributed by atoms with van der Waals surface area (Å²) >= 11 is 0. The van der Waals surface area contributed by atoms with Crippen LogP contribution >= 0.6 is 0 Å². The number of hydrogen-bond acceptors (Lipinski definition) is 7. The van der Waals surface area contributed by atoms with Gasteiger partial charge in [0.25, 0.3) is 0 Å². The Bertz CT molecular complexity index is 1660. The van der Waals surface area contributed by atoms with E-state index in [1.165, 1.54) is 6.92 Å². The Morgan fingerprint density at radius 3 is 2.54 bits per heavy atom. The summed E-state index contributed by atoms with van der Waals surface area (Å²) in [5.41, 5.74) is 4.49. The molecule has 3 aromatic heterocycles. The fourth-order valence-corrected chi connectivity index (χ4v) is 6.16.